The maximum absolute atomic E-state index is 12.2. The van der Waals surface area contributed by atoms with E-state index < -0.39 is 0 Å². The maximum Gasteiger partial charge on any atom is 0.241 e. The summed E-state index contributed by atoms with van der Waals surface area (Å²) in [5.41, 5.74) is 0. The third-order valence-electron chi connectivity index (χ3n) is 3.44. The zero-order chi connectivity index (χ0) is 12.8. The van der Waals surface area contributed by atoms with Gasteiger partial charge in [0.2, 0.25) is 5.91 Å². The van der Waals surface area contributed by atoms with Gasteiger partial charge >= 0.3 is 0 Å². The molecule has 3 atom stereocenters. The molecule has 0 spiro atoms. The minimum absolute atomic E-state index is 0.0176. The van der Waals surface area contributed by atoms with Crippen LogP contribution >= 0.6 is 0 Å². The van der Waals surface area contributed by atoms with Gasteiger partial charge in [-0.1, -0.05) is 26.7 Å². The highest BCUT2D eigenvalue weighted by atomic mass is 16.5. The molecule has 1 rings (SSSR count). The second-order valence-electron chi connectivity index (χ2n) is 4.82. The van der Waals surface area contributed by atoms with Crippen LogP contribution in [0.25, 0.3) is 0 Å². The fourth-order valence-corrected chi connectivity index (χ4v) is 2.27. The Morgan fingerprint density at radius 2 is 2.18 bits per heavy atom. The first-order chi connectivity index (χ1) is 8.13. The molecular weight excluding hydrogens is 216 g/mol. The normalized spacial score (nSPS) is 26.6. The molecule has 1 fully saturated rings. The average molecular weight is 242 g/mol. The molecule has 3 unspecified atom stereocenters. The van der Waals surface area contributed by atoms with Gasteiger partial charge < -0.3 is 9.64 Å². The summed E-state index contributed by atoms with van der Waals surface area (Å²) in [4.78, 5) is 14.2. The zero-order valence-electron chi connectivity index (χ0n) is 11.5. The van der Waals surface area contributed by atoms with E-state index in [1.807, 2.05) is 11.8 Å². The van der Waals surface area contributed by atoms with Gasteiger partial charge in [0.15, 0.2) is 0 Å². The Morgan fingerprint density at radius 3 is 2.71 bits per heavy atom. The van der Waals surface area contributed by atoms with Crippen LogP contribution in [-0.2, 0) is 9.53 Å². The van der Waals surface area contributed by atoms with E-state index in [1.165, 1.54) is 0 Å². The number of nitrogens with one attached hydrogen (secondary N) is 1. The molecule has 0 radical (unpaired) electrons. The van der Waals surface area contributed by atoms with E-state index in [9.17, 15) is 4.79 Å². The number of unbranched alkanes of at least 4 members (excludes halogenated alkanes) is 1. The topological polar surface area (TPSA) is 41.6 Å². The second-order valence-corrected chi connectivity index (χ2v) is 4.82. The van der Waals surface area contributed by atoms with E-state index in [0.717, 1.165) is 25.7 Å². The fraction of sp³-hybridized carbons (Fsp3) is 0.923. The SMILES string of the molecule is CCCCC1NC(CC)N(CC(C)OC)C1=O. The number of carbonyl (C=O) groups excluding carboxylic acids is 1. The summed E-state index contributed by atoms with van der Waals surface area (Å²) in [7, 11) is 1.69. The molecule has 0 aromatic rings. The van der Waals surface area contributed by atoms with Crippen molar-refractivity contribution in [1.29, 1.82) is 0 Å². The van der Waals surface area contributed by atoms with Crippen molar-refractivity contribution in [2.24, 2.45) is 0 Å². The Kier molecular flexibility index (Phi) is 5.92. The Morgan fingerprint density at radius 1 is 1.47 bits per heavy atom. The first kappa shape index (κ1) is 14.5. The monoisotopic (exact) mass is 242 g/mol. The summed E-state index contributed by atoms with van der Waals surface area (Å²) in [6.07, 6.45) is 4.42. The summed E-state index contributed by atoms with van der Waals surface area (Å²) >= 11 is 0. The molecule has 17 heavy (non-hydrogen) atoms. The highest BCUT2D eigenvalue weighted by molar-refractivity contribution is 5.84. The molecular formula is C13H26N2O2. The van der Waals surface area contributed by atoms with Gasteiger partial charge in [-0.05, 0) is 19.8 Å². The molecule has 4 heteroatoms. The van der Waals surface area contributed by atoms with Crippen molar-refractivity contribution in [3.05, 3.63) is 0 Å². The molecule has 0 aromatic carbocycles. The summed E-state index contributed by atoms with van der Waals surface area (Å²) in [6.45, 7) is 6.95. The number of ether oxygens (including phenoxy) is 1. The first-order valence-electron chi connectivity index (χ1n) is 6.73. The molecule has 0 aliphatic carbocycles. The lowest BCUT2D eigenvalue weighted by atomic mass is 10.1. The van der Waals surface area contributed by atoms with E-state index in [-0.39, 0.29) is 24.2 Å². The summed E-state index contributed by atoms with van der Waals surface area (Å²) in [5, 5.41) is 3.43. The van der Waals surface area contributed by atoms with Crippen LogP contribution in [0.4, 0.5) is 0 Å². The molecule has 4 nitrogen and oxygen atoms in total. The lowest BCUT2D eigenvalue weighted by Crippen LogP contribution is -2.41. The number of rotatable bonds is 7. The Hall–Kier alpha value is -0.610. The fourth-order valence-electron chi connectivity index (χ4n) is 2.27. The van der Waals surface area contributed by atoms with Crippen LogP contribution in [0.15, 0.2) is 0 Å². The van der Waals surface area contributed by atoms with Crippen molar-refractivity contribution in [2.45, 2.75) is 64.8 Å². The number of hydrogen-bond acceptors (Lipinski definition) is 3. The molecule has 1 heterocycles. The second kappa shape index (κ2) is 6.97. The van der Waals surface area contributed by atoms with E-state index in [0.29, 0.717) is 6.54 Å². The Bertz CT molecular complexity index is 246. The third kappa shape index (κ3) is 3.68. The van der Waals surface area contributed by atoms with Crippen molar-refractivity contribution in [1.82, 2.24) is 10.2 Å². The molecule has 1 aliphatic rings. The largest absolute Gasteiger partial charge is 0.380 e. The quantitative estimate of drug-likeness (QED) is 0.739. The summed E-state index contributed by atoms with van der Waals surface area (Å²) in [5.74, 6) is 0.245. The van der Waals surface area contributed by atoms with Crippen LogP contribution in [0.1, 0.15) is 46.5 Å². The number of carbonyl (C=O) groups is 1. The van der Waals surface area contributed by atoms with Gasteiger partial charge in [-0.15, -0.1) is 0 Å². The van der Waals surface area contributed by atoms with Gasteiger partial charge in [0.1, 0.15) is 0 Å². The van der Waals surface area contributed by atoms with Crippen LogP contribution in [-0.4, -0.2) is 42.8 Å². The van der Waals surface area contributed by atoms with Gasteiger partial charge in [0, 0.05) is 13.7 Å². The lowest BCUT2D eigenvalue weighted by Gasteiger charge is -2.25. The summed E-state index contributed by atoms with van der Waals surface area (Å²) in [6, 6.07) is 0.0176. The molecule has 1 saturated heterocycles. The summed E-state index contributed by atoms with van der Waals surface area (Å²) < 4.78 is 5.25. The molecule has 1 aliphatic heterocycles. The number of methoxy groups -OCH3 is 1. The van der Waals surface area contributed by atoms with E-state index in [1.54, 1.807) is 7.11 Å². The third-order valence-corrected chi connectivity index (χ3v) is 3.44. The van der Waals surface area contributed by atoms with Crippen molar-refractivity contribution in [2.75, 3.05) is 13.7 Å². The molecule has 0 saturated carbocycles. The molecule has 0 bridgehead atoms. The molecule has 0 aromatic heterocycles. The zero-order valence-corrected chi connectivity index (χ0v) is 11.5. The Labute approximate surface area is 105 Å². The van der Waals surface area contributed by atoms with Crippen LogP contribution in [0.2, 0.25) is 0 Å². The van der Waals surface area contributed by atoms with Crippen molar-refractivity contribution in [3.63, 3.8) is 0 Å². The van der Waals surface area contributed by atoms with Crippen LogP contribution < -0.4 is 5.32 Å². The van der Waals surface area contributed by atoms with Crippen molar-refractivity contribution < 1.29 is 9.53 Å². The van der Waals surface area contributed by atoms with Gasteiger partial charge in [-0.3, -0.25) is 10.1 Å². The van der Waals surface area contributed by atoms with Crippen molar-refractivity contribution in [3.8, 4) is 0 Å². The van der Waals surface area contributed by atoms with Crippen molar-refractivity contribution >= 4 is 5.91 Å². The predicted molar refractivity (Wildman–Crippen MR) is 68.7 cm³/mol. The number of amides is 1. The van der Waals surface area contributed by atoms with Gasteiger partial charge in [0.25, 0.3) is 0 Å². The molecule has 1 amide bonds. The standard InChI is InChI=1S/C13H26N2O2/c1-5-7-8-11-13(16)15(9-10(3)17-4)12(6-2)14-11/h10-12,14H,5-9H2,1-4H3. The molecule has 100 valence electrons. The van der Waals surface area contributed by atoms with Gasteiger partial charge in [-0.2, -0.15) is 0 Å². The smallest absolute Gasteiger partial charge is 0.241 e. The van der Waals surface area contributed by atoms with Gasteiger partial charge in [-0.25, -0.2) is 0 Å². The minimum atomic E-state index is 0.0176. The Balaban J connectivity index is 2.58. The molecule has 1 N–H and O–H groups in total. The minimum Gasteiger partial charge on any atom is -0.380 e. The number of hydrogen-bond donors (Lipinski definition) is 1. The van der Waals surface area contributed by atoms with E-state index in [2.05, 4.69) is 19.2 Å². The highest BCUT2D eigenvalue weighted by Crippen LogP contribution is 2.18. The first-order valence-corrected chi connectivity index (χ1v) is 6.73. The van der Waals surface area contributed by atoms with Crippen LogP contribution in [0, 0.1) is 0 Å². The number of nitrogens with zero attached hydrogens (tertiary/aromatic N) is 1. The lowest BCUT2D eigenvalue weighted by molar-refractivity contribution is -0.131. The highest BCUT2D eigenvalue weighted by Gasteiger charge is 2.37. The average Bonchev–Trinajstić information content (AvgIpc) is 2.64. The van der Waals surface area contributed by atoms with Crippen LogP contribution in [0.5, 0.6) is 0 Å². The van der Waals surface area contributed by atoms with Crippen LogP contribution in [0.3, 0.4) is 0 Å². The van der Waals surface area contributed by atoms with E-state index in [4.69, 9.17) is 4.74 Å². The van der Waals surface area contributed by atoms with E-state index >= 15 is 0 Å². The van der Waals surface area contributed by atoms with Gasteiger partial charge in [0.05, 0.1) is 18.3 Å². The predicted octanol–water partition coefficient (Wildman–Crippen LogP) is 1.75. The maximum atomic E-state index is 12.2.